The quantitative estimate of drug-likeness (QED) is 0.561. The highest BCUT2D eigenvalue weighted by Gasteiger charge is 2.36. The Morgan fingerprint density at radius 2 is 2.00 bits per heavy atom. The van der Waals surface area contributed by atoms with E-state index in [4.69, 9.17) is 4.74 Å². The van der Waals surface area contributed by atoms with Gasteiger partial charge in [-0.3, -0.25) is 9.48 Å². The summed E-state index contributed by atoms with van der Waals surface area (Å²) in [5, 5.41) is 3.94. The predicted molar refractivity (Wildman–Crippen MR) is 107 cm³/mol. The molecule has 0 spiro atoms. The number of hydrogen-bond acceptors (Lipinski definition) is 4. The minimum absolute atomic E-state index is 0.0305. The lowest BCUT2D eigenvalue weighted by Crippen LogP contribution is -2.41. The number of alkyl halides is 3. The second-order valence-corrected chi connectivity index (χ2v) is 6.75. The molecular formula is C21H21F3N4O2. The number of hydrogen-bond donors (Lipinski definition) is 0. The summed E-state index contributed by atoms with van der Waals surface area (Å²) in [4.78, 5) is 18.5. The van der Waals surface area contributed by atoms with Gasteiger partial charge in [0, 0.05) is 25.3 Å². The van der Waals surface area contributed by atoms with Crippen molar-refractivity contribution in [3.8, 4) is 5.88 Å². The molecule has 1 amide bonds. The molecule has 158 valence electrons. The first-order valence-electron chi connectivity index (χ1n) is 9.19. The van der Waals surface area contributed by atoms with Crippen molar-refractivity contribution in [2.45, 2.75) is 26.1 Å². The zero-order chi connectivity index (χ0) is 22.1. The summed E-state index contributed by atoms with van der Waals surface area (Å²) >= 11 is 0. The number of para-hydroxylation sites is 1. The minimum Gasteiger partial charge on any atom is -0.464 e. The zero-order valence-electron chi connectivity index (χ0n) is 16.8. The van der Waals surface area contributed by atoms with Gasteiger partial charge in [-0.05, 0) is 26.0 Å². The predicted octanol–water partition coefficient (Wildman–Crippen LogP) is 4.28. The van der Waals surface area contributed by atoms with E-state index in [2.05, 4.69) is 16.7 Å². The molecule has 0 bridgehead atoms. The van der Waals surface area contributed by atoms with E-state index in [0.717, 1.165) is 6.07 Å². The van der Waals surface area contributed by atoms with E-state index < -0.39 is 23.8 Å². The first-order valence-corrected chi connectivity index (χ1v) is 9.19. The first-order chi connectivity index (χ1) is 14.1. The highest BCUT2D eigenvalue weighted by Crippen LogP contribution is 2.37. The molecule has 0 aliphatic carbocycles. The minimum atomic E-state index is -4.63. The van der Waals surface area contributed by atoms with Crippen molar-refractivity contribution in [3.05, 3.63) is 60.3 Å². The van der Waals surface area contributed by atoms with Crippen molar-refractivity contribution in [1.29, 1.82) is 0 Å². The number of aryl methyl sites for hydroxylation is 2. The largest absolute Gasteiger partial charge is 0.464 e. The smallest absolute Gasteiger partial charge is 0.417 e. The van der Waals surface area contributed by atoms with Crippen molar-refractivity contribution >= 4 is 22.6 Å². The molecule has 1 atom stereocenters. The van der Waals surface area contributed by atoms with Crippen LogP contribution in [0, 0.1) is 6.92 Å². The molecule has 3 aromatic rings. The highest BCUT2D eigenvalue weighted by atomic mass is 19.4. The Kier molecular flexibility index (Phi) is 5.82. The fourth-order valence-corrected chi connectivity index (χ4v) is 3.22. The van der Waals surface area contributed by atoms with Gasteiger partial charge in [0.1, 0.15) is 0 Å². The number of benzene rings is 1. The van der Waals surface area contributed by atoms with E-state index in [-0.39, 0.29) is 29.2 Å². The van der Waals surface area contributed by atoms with Crippen LogP contribution < -0.4 is 9.64 Å². The number of halogens is 3. The molecule has 30 heavy (non-hydrogen) atoms. The number of rotatable bonds is 6. The van der Waals surface area contributed by atoms with Crippen molar-refractivity contribution < 1.29 is 22.7 Å². The molecule has 6 nitrogen and oxygen atoms in total. The number of anilines is 1. The third-order valence-electron chi connectivity index (χ3n) is 4.54. The number of fused-ring (bicyclic) bond motifs is 1. The highest BCUT2D eigenvalue weighted by molar-refractivity contribution is 5.96. The summed E-state index contributed by atoms with van der Waals surface area (Å²) in [7, 11) is 1.50. The Labute approximate surface area is 171 Å². The summed E-state index contributed by atoms with van der Waals surface area (Å²) in [5.74, 6) is -0.733. The van der Waals surface area contributed by atoms with Crippen molar-refractivity contribution in [1.82, 2.24) is 14.8 Å². The maximum absolute atomic E-state index is 13.6. The van der Waals surface area contributed by atoms with Crippen LogP contribution in [0.15, 0.2) is 49.1 Å². The lowest BCUT2D eigenvalue weighted by molar-refractivity contribution is -0.136. The second-order valence-electron chi connectivity index (χ2n) is 6.75. The fraction of sp³-hybridized carbons (Fsp3) is 0.286. The van der Waals surface area contributed by atoms with Crippen LogP contribution in [0.5, 0.6) is 5.88 Å². The van der Waals surface area contributed by atoms with Crippen LogP contribution in [0.4, 0.5) is 18.9 Å². The molecule has 2 heterocycles. The van der Waals surface area contributed by atoms with Gasteiger partial charge in [0.25, 0.3) is 5.91 Å². The van der Waals surface area contributed by atoms with E-state index in [1.54, 1.807) is 30.3 Å². The Balaban J connectivity index is 1.96. The van der Waals surface area contributed by atoms with Gasteiger partial charge < -0.3 is 9.64 Å². The van der Waals surface area contributed by atoms with Crippen LogP contribution in [0.3, 0.4) is 0 Å². The second kappa shape index (κ2) is 8.17. The van der Waals surface area contributed by atoms with E-state index in [1.165, 1.54) is 30.5 Å². The summed E-state index contributed by atoms with van der Waals surface area (Å²) in [6, 6.07) is 9.67. The number of carbonyl (C=O) groups is 1. The van der Waals surface area contributed by atoms with Gasteiger partial charge >= 0.3 is 6.18 Å². The average molecular weight is 418 g/mol. The number of nitrogens with zero attached hydrogens (tertiary/aromatic N) is 4. The number of amides is 1. The van der Waals surface area contributed by atoms with E-state index in [1.807, 2.05) is 6.07 Å². The first kappa shape index (κ1) is 21.4. The van der Waals surface area contributed by atoms with Gasteiger partial charge in [-0.15, -0.1) is 6.58 Å². The van der Waals surface area contributed by atoms with E-state index in [0.29, 0.717) is 5.69 Å². The monoisotopic (exact) mass is 418 g/mol. The standard InChI is InChI=1S/C21H21F3N4O2/c1-5-11-28(15-9-7-6-8-10-15)20(29)14(3)30-17-12-16(21(22,23)24)18-13(2)26-27(4)19(18)25-17/h5-10,12,14H,1,11H2,2-4H3/t14-/m1/s1. The Hall–Kier alpha value is -3.36. The average Bonchev–Trinajstić information content (AvgIpc) is 2.98. The molecule has 1 aromatic carbocycles. The molecule has 0 fully saturated rings. The van der Waals surface area contributed by atoms with Gasteiger partial charge in [-0.2, -0.15) is 23.3 Å². The van der Waals surface area contributed by atoms with Gasteiger partial charge in [0.2, 0.25) is 5.88 Å². The molecule has 0 saturated carbocycles. The lowest BCUT2D eigenvalue weighted by Gasteiger charge is -2.25. The molecule has 0 radical (unpaired) electrons. The number of aromatic nitrogens is 3. The molecule has 0 unspecified atom stereocenters. The summed E-state index contributed by atoms with van der Waals surface area (Å²) < 4.78 is 47.7. The van der Waals surface area contributed by atoms with Crippen molar-refractivity contribution in [2.24, 2.45) is 7.05 Å². The van der Waals surface area contributed by atoms with Crippen molar-refractivity contribution in [3.63, 3.8) is 0 Å². The molecule has 2 aromatic heterocycles. The lowest BCUT2D eigenvalue weighted by atomic mass is 10.1. The Bertz CT molecular complexity index is 1080. The maximum Gasteiger partial charge on any atom is 0.417 e. The SMILES string of the molecule is C=CCN(C(=O)[C@@H](C)Oc1cc(C(F)(F)F)c2c(C)nn(C)c2n1)c1ccccc1. The van der Waals surface area contributed by atoms with Gasteiger partial charge in [-0.25, -0.2) is 0 Å². The van der Waals surface area contributed by atoms with Gasteiger partial charge in [0.05, 0.1) is 16.6 Å². The van der Waals surface area contributed by atoms with Crippen LogP contribution in [-0.4, -0.2) is 33.3 Å². The van der Waals surface area contributed by atoms with E-state index >= 15 is 0 Å². The van der Waals surface area contributed by atoms with Crippen LogP contribution in [0.25, 0.3) is 11.0 Å². The normalized spacial score (nSPS) is 12.6. The number of pyridine rings is 1. The van der Waals surface area contributed by atoms with Crippen LogP contribution >= 0.6 is 0 Å². The molecule has 0 saturated heterocycles. The Morgan fingerprint density at radius 3 is 2.60 bits per heavy atom. The fourth-order valence-electron chi connectivity index (χ4n) is 3.22. The zero-order valence-corrected chi connectivity index (χ0v) is 16.8. The Morgan fingerprint density at radius 1 is 1.33 bits per heavy atom. The number of carbonyl (C=O) groups excluding carboxylic acids is 1. The molecule has 0 aliphatic heterocycles. The summed E-state index contributed by atoms with van der Waals surface area (Å²) in [6.07, 6.45) is -4.15. The maximum atomic E-state index is 13.6. The number of ether oxygens (including phenoxy) is 1. The van der Waals surface area contributed by atoms with Gasteiger partial charge in [0.15, 0.2) is 11.8 Å². The molecular weight excluding hydrogens is 397 g/mol. The topological polar surface area (TPSA) is 60.3 Å². The third kappa shape index (κ3) is 4.14. The van der Waals surface area contributed by atoms with E-state index in [9.17, 15) is 18.0 Å². The molecule has 0 aliphatic rings. The molecule has 0 N–H and O–H groups in total. The third-order valence-corrected chi connectivity index (χ3v) is 4.54. The van der Waals surface area contributed by atoms with Crippen LogP contribution in [-0.2, 0) is 18.0 Å². The van der Waals surface area contributed by atoms with Crippen LogP contribution in [0.1, 0.15) is 18.2 Å². The molecule has 9 heteroatoms. The van der Waals surface area contributed by atoms with Crippen LogP contribution in [0.2, 0.25) is 0 Å². The van der Waals surface area contributed by atoms with Gasteiger partial charge in [-0.1, -0.05) is 24.3 Å². The molecule has 3 rings (SSSR count). The summed E-state index contributed by atoms with van der Waals surface area (Å²) in [5.41, 5.74) is -0.0366. The van der Waals surface area contributed by atoms with Crippen molar-refractivity contribution in [2.75, 3.05) is 11.4 Å². The summed E-state index contributed by atoms with van der Waals surface area (Å²) in [6.45, 7) is 6.83.